The van der Waals surface area contributed by atoms with Gasteiger partial charge in [-0.25, -0.2) is 0 Å². The number of hydrogen-bond acceptors (Lipinski definition) is 5. The Hall–Kier alpha value is -1.43. The zero-order chi connectivity index (χ0) is 12.3. The van der Waals surface area contributed by atoms with E-state index in [1.807, 2.05) is 0 Å². The number of likely N-dealkylation sites (tertiary alicyclic amines) is 1. The van der Waals surface area contributed by atoms with Crippen LogP contribution >= 0.6 is 0 Å². The molecule has 0 aromatic rings. The number of carbonyl (C=O) groups excluding carboxylic acids is 3. The van der Waals surface area contributed by atoms with E-state index in [1.165, 1.54) is 12.0 Å². The molecule has 1 heterocycles. The Bertz CT molecular complexity index is 314. The van der Waals surface area contributed by atoms with E-state index in [0.29, 0.717) is 0 Å². The molecule has 2 amide bonds. The number of nitrogens with one attached hydrogen (secondary N) is 1. The molecule has 6 heteroatoms. The van der Waals surface area contributed by atoms with E-state index in [2.05, 4.69) is 10.1 Å². The van der Waals surface area contributed by atoms with E-state index < -0.39 is 12.0 Å². The minimum Gasteiger partial charge on any atom is -0.468 e. The van der Waals surface area contributed by atoms with E-state index in [9.17, 15) is 14.4 Å². The fraction of sp³-hybridized carbons (Fsp3) is 0.700. The van der Waals surface area contributed by atoms with Crippen molar-refractivity contribution in [1.82, 2.24) is 10.2 Å². The van der Waals surface area contributed by atoms with Gasteiger partial charge in [0.1, 0.15) is 0 Å². The number of rotatable bonds is 4. The predicted molar refractivity (Wildman–Crippen MR) is 55.4 cm³/mol. The number of esters is 1. The first-order valence-electron chi connectivity index (χ1n) is 5.13. The molecule has 0 bridgehead atoms. The number of nitrogens with zero attached hydrogens (tertiary/aromatic N) is 1. The molecule has 1 rings (SSSR count). The Morgan fingerprint density at radius 1 is 1.56 bits per heavy atom. The normalized spacial score (nSPS) is 20.8. The molecule has 0 radical (unpaired) electrons. The van der Waals surface area contributed by atoms with Gasteiger partial charge in [-0.15, -0.1) is 0 Å². The van der Waals surface area contributed by atoms with Crippen molar-refractivity contribution in [2.24, 2.45) is 0 Å². The second-order valence-electron chi connectivity index (χ2n) is 3.91. The number of methoxy groups -OCH3 is 1. The molecule has 0 aliphatic carbocycles. The maximum absolute atomic E-state index is 11.7. The highest BCUT2D eigenvalue weighted by molar-refractivity contribution is 6.05. The van der Waals surface area contributed by atoms with E-state index in [0.717, 1.165) is 0 Å². The minimum atomic E-state index is -0.603. The van der Waals surface area contributed by atoms with Crippen LogP contribution in [0.1, 0.15) is 20.3 Å². The molecular weight excluding hydrogens is 212 g/mol. The Morgan fingerprint density at radius 3 is 2.62 bits per heavy atom. The van der Waals surface area contributed by atoms with E-state index in [-0.39, 0.29) is 30.8 Å². The maximum Gasteiger partial charge on any atom is 0.319 e. The van der Waals surface area contributed by atoms with Gasteiger partial charge in [-0.05, 0) is 13.8 Å². The lowest BCUT2D eigenvalue weighted by atomic mass is 10.2. The van der Waals surface area contributed by atoms with Crippen LogP contribution in [-0.2, 0) is 19.1 Å². The highest BCUT2D eigenvalue weighted by Crippen LogP contribution is 2.15. The van der Waals surface area contributed by atoms with Crippen molar-refractivity contribution in [3.05, 3.63) is 0 Å². The van der Waals surface area contributed by atoms with Gasteiger partial charge in [-0.3, -0.25) is 24.6 Å². The van der Waals surface area contributed by atoms with Crippen molar-refractivity contribution in [3.8, 4) is 0 Å². The Balaban J connectivity index is 2.56. The van der Waals surface area contributed by atoms with Crippen LogP contribution in [0.15, 0.2) is 0 Å². The fourth-order valence-corrected chi connectivity index (χ4v) is 1.63. The van der Waals surface area contributed by atoms with Crippen LogP contribution in [0.5, 0.6) is 0 Å². The number of carbonyl (C=O) groups is 3. The van der Waals surface area contributed by atoms with Crippen LogP contribution < -0.4 is 5.32 Å². The summed E-state index contributed by atoms with van der Waals surface area (Å²) in [4.78, 5) is 35.3. The first-order valence-corrected chi connectivity index (χ1v) is 5.13. The van der Waals surface area contributed by atoms with Crippen molar-refractivity contribution < 1.29 is 19.1 Å². The average Bonchev–Trinajstić information content (AvgIpc) is 2.50. The van der Waals surface area contributed by atoms with Gasteiger partial charge in [0, 0.05) is 6.04 Å². The molecule has 16 heavy (non-hydrogen) atoms. The van der Waals surface area contributed by atoms with Gasteiger partial charge in [0.15, 0.2) is 0 Å². The zero-order valence-electron chi connectivity index (χ0n) is 9.65. The lowest BCUT2D eigenvalue weighted by Crippen LogP contribution is -2.43. The third-order valence-corrected chi connectivity index (χ3v) is 2.42. The molecule has 1 aliphatic rings. The Morgan fingerprint density at radius 2 is 2.19 bits per heavy atom. The first kappa shape index (κ1) is 12.6. The molecule has 1 N–H and O–H groups in total. The molecule has 1 atom stereocenters. The predicted octanol–water partition coefficient (Wildman–Crippen LogP) is -0.715. The van der Waals surface area contributed by atoms with Crippen LogP contribution in [0.4, 0.5) is 0 Å². The topological polar surface area (TPSA) is 75.7 Å². The number of ether oxygens (including phenoxy) is 1. The summed E-state index contributed by atoms with van der Waals surface area (Å²) in [5.74, 6) is -0.936. The Kier molecular flexibility index (Phi) is 4.00. The van der Waals surface area contributed by atoms with Crippen molar-refractivity contribution in [1.29, 1.82) is 0 Å². The minimum absolute atomic E-state index is 0.0634. The van der Waals surface area contributed by atoms with Crippen LogP contribution in [0.2, 0.25) is 0 Å². The summed E-state index contributed by atoms with van der Waals surface area (Å²) in [5, 5.41) is 2.71. The smallest absolute Gasteiger partial charge is 0.319 e. The summed E-state index contributed by atoms with van der Waals surface area (Å²) in [7, 11) is 1.27. The molecule has 0 aromatic carbocycles. The van der Waals surface area contributed by atoms with Gasteiger partial charge >= 0.3 is 5.97 Å². The molecule has 1 saturated heterocycles. The van der Waals surface area contributed by atoms with Crippen molar-refractivity contribution in [2.45, 2.75) is 32.4 Å². The molecule has 1 aliphatic heterocycles. The highest BCUT2D eigenvalue weighted by atomic mass is 16.5. The molecular formula is C10H16N2O4. The van der Waals surface area contributed by atoms with Gasteiger partial charge in [-0.1, -0.05) is 0 Å². The van der Waals surface area contributed by atoms with Gasteiger partial charge in [0.05, 0.1) is 26.1 Å². The summed E-state index contributed by atoms with van der Waals surface area (Å²) >= 11 is 0. The van der Waals surface area contributed by atoms with Crippen LogP contribution in [0.3, 0.4) is 0 Å². The summed E-state index contributed by atoms with van der Waals surface area (Å²) < 4.78 is 4.44. The monoisotopic (exact) mass is 228 g/mol. The maximum atomic E-state index is 11.7. The van der Waals surface area contributed by atoms with Crippen molar-refractivity contribution in [2.75, 3.05) is 13.7 Å². The Labute approximate surface area is 93.9 Å². The summed E-state index contributed by atoms with van der Waals surface area (Å²) in [5.41, 5.74) is 0. The second-order valence-corrected chi connectivity index (χ2v) is 3.91. The third-order valence-electron chi connectivity index (χ3n) is 2.42. The van der Waals surface area contributed by atoms with Crippen molar-refractivity contribution >= 4 is 17.8 Å². The van der Waals surface area contributed by atoms with Gasteiger partial charge in [0.2, 0.25) is 11.8 Å². The average molecular weight is 228 g/mol. The fourth-order valence-electron chi connectivity index (χ4n) is 1.63. The first-order chi connectivity index (χ1) is 7.47. The van der Waals surface area contributed by atoms with E-state index >= 15 is 0 Å². The lowest BCUT2D eigenvalue weighted by Gasteiger charge is -2.18. The number of imide groups is 1. The zero-order valence-corrected chi connectivity index (χ0v) is 9.65. The van der Waals surface area contributed by atoms with Crippen molar-refractivity contribution in [3.63, 3.8) is 0 Å². The number of hydrogen-bond donors (Lipinski definition) is 1. The highest BCUT2D eigenvalue weighted by Gasteiger charge is 2.39. The largest absolute Gasteiger partial charge is 0.468 e. The lowest BCUT2D eigenvalue weighted by molar-refractivity contribution is -0.140. The van der Waals surface area contributed by atoms with Gasteiger partial charge < -0.3 is 4.74 Å². The number of amides is 2. The van der Waals surface area contributed by atoms with Gasteiger partial charge in [0.25, 0.3) is 0 Å². The second kappa shape index (κ2) is 5.07. The van der Waals surface area contributed by atoms with E-state index in [1.54, 1.807) is 13.8 Å². The summed E-state index contributed by atoms with van der Waals surface area (Å²) in [6.45, 7) is 3.49. The molecule has 6 nitrogen and oxygen atoms in total. The third kappa shape index (κ3) is 2.57. The standard InChI is InChI=1S/C10H16N2O4/c1-6(2)12-8(13)4-7(10(12)15)11-5-9(14)16-3/h6-7,11H,4-5H2,1-3H3. The molecule has 1 unspecified atom stereocenters. The van der Waals surface area contributed by atoms with E-state index in [4.69, 9.17) is 0 Å². The molecule has 0 saturated carbocycles. The molecule has 0 spiro atoms. The molecule has 1 fully saturated rings. The van der Waals surface area contributed by atoms with Crippen LogP contribution in [0.25, 0.3) is 0 Å². The van der Waals surface area contributed by atoms with Gasteiger partial charge in [-0.2, -0.15) is 0 Å². The quantitative estimate of drug-likeness (QED) is 0.508. The SMILES string of the molecule is COC(=O)CNC1CC(=O)N(C(C)C)C1=O. The van der Waals surface area contributed by atoms with Crippen LogP contribution in [-0.4, -0.2) is 48.4 Å². The molecule has 0 aromatic heterocycles. The molecule has 90 valence electrons. The summed E-state index contributed by atoms with van der Waals surface area (Å²) in [6, 6.07) is -0.751. The summed E-state index contributed by atoms with van der Waals surface area (Å²) in [6.07, 6.45) is 0.105. The van der Waals surface area contributed by atoms with Crippen LogP contribution in [0, 0.1) is 0 Å².